The first kappa shape index (κ1) is 15.6. The molecule has 21 heavy (non-hydrogen) atoms. The van der Waals surface area contributed by atoms with Gasteiger partial charge in [0.15, 0.2) is 0 Å². The van der Waals surface area contributed by atoms with Crippen molar-refractivity contribution >= 4 is 11.5 Å². The smallest absolute Gasteiger partial charge is 0.332 e. The van der Waals surface area contributed by atoms with E-state index in [0.29, 0.717) is 25.3 Å². The molecule has 1 aromatic rings. The summed E-state index contributed by atoms with van der Waals surface area (Å²) in [6.07, 6.45) is 0.748. The number of hydrogen-bond acceptors (Lipinski definition) is 5. The lowest BCUT2D eigenvalue weighted by molar-refractivity contribution is -0.0301. The Hall–Kier alpha value is -1.76. The van der Waals surface area contributed by atoms with E-state index in [0.717, 1.165) is 11.0 Å². The van der Waals surface area contributed by atoms with Gasteiger partial charge >= 0.3 is 5.69 Å². The minimum atomic E-state index is -0.802. The van der Waals surface area contributed by atoms with Gasteiger partial charge in [-0.15, -0.1) is 0 Å². The van der Waals surface area contributed by atoms with Crippen LogP contribution in [0.4, 0.5) is 11.5 Å². The summed E-state index contributed by atoms with van der Waals surface area (Å²) in [7, 11) is 1.45. The third-order valence-corrected chi connectivity index (χ3v) is 4.33. The fourth-order valence-electron chi connectivity index (χ4n) is 2.64. The number of rotatable bonds is 4. The maximum absolute atomic E-state index is 12.3. The van der Waals surface area contributed by atoms with Gasteiger partial charge in [-0.1, -0.05) is 20.8 Å². The van der Waals surface area contributed by atoms with Crippen molar-refractivity contribution in [2.45, 2.75) is 39.3 Å². The zero-order valence-electron chi connectivity index (χ0n) is 13.1. The van der Waals surface area contributed by atoms with Gasteiger partial charge in [0.05, 0.1) is 0 Å². The predicted molar refractivity (Wildman–Crippen MR) is 82.6 cm³/mol. The standard InChI is InChI=1S/C14H24N4O3/c1-5-6-18-11(15)10(12(19)16(4)13(18)20)17-7-14(21,8-17)9(2)3/h9,21H,5-8,15H2,1-4H3. The Kier molecular flexibility index (Phi) is 3.88. The summed E-state index contributed by atoms with van der Waals surface area (Å²) in [5.41, 5.74) is 4.75. The van der Waals surface area contributed by atoms with Gasteiger partial charge in [-0.25, -0.2) is 4.79 Å². The summed E-state index contributed by atoms with van der Waals surface area (Å²) in [5, 5.41) is 10.3. The van der Waals surface area contributed by atoms with Gasteiger partial charge in [0.25, 0.3) is 5.56 Å². The Morgan fingerprint density at radius 2 is 1.90 bits per heavy atom. The molecule has 1 fully saturated rings. The van der Waals surface area contributed by atoms with E-state index in [-0.39, 0.29) is 11.7 Å². The monoisotopic (exact) mass is 296 g/mol. The van der Waals surface area contributed by atoms with Gasteiger partial charge in [-0.05, 0) is 12.3 Å². The minimum Gasteiger partial charge on any atom is -0.386 e. The molecule has 0 aliphatic carbocycles. The zero-order chi connectivity index (χ0) is 15.9. The zero-order valence-corrected chi connectivity index (χ0v) is 13.1. The Labute approximate surface area is 123 Å². The third kappa shape index (κ3) is 2.35. The normalized spacial score (nSPS) is 17.1. The molecule has 0 spiro atoms. The second kappa shape index (κ2) is 5.22. The van der Waals surface area contributed by atoms with Crippen molar-refractivity contribution in [1.82, 2.24) is 9.13 Å². The maximum atomic E-state index is 12.3. The summed E-state index contributed by atoms with van der Waals surface area (Å²) in [4.78, 5) is 26.2. The highest BCUT2D eigenvalue weighted by Crippen LogP contribution is 2.33. The van der Waals surface area contributed by atoms with Crippen molar-refractivity contribution in [3.63, 3.8) is 0 Å². The molecule has 0 unspecified atom stereocenters. The lowest BCUT2D eigenvalue weighted by atomic mass is 9.83. The number of nitrogens with two attached hydrogens (primary N) is 1. The van der Waals surface area contributed by atoms with Gasteiger partial charge in [-0.2, -0.15) is 0 Å². The Morgan fingerprint density at radius 3 is 2.38 bits per heavy atom. The van der Waals surface area contributed by atoms with Crippen LogP contribution in [0.5, 0.6) is 0 Å². The Morgan fingerprint density at radius 1 is 1.33 bits per heavy atom. The van der Waals surface area contributed by atoms with Crippen LogP contribution in [0.15, 0.2) is 9.59 Å². The van der Waals surface area contributed by atoms with Gasteiger partial charge in [0.2, 0.25) is 0 Å². The van der Waals surface area contributed by atoms with Crippen LogP contribution in [0.3, 0.4) is 0 Å². The summed E-state index contributed by atoms with van der Waals surface area (Å²) in [6.45, 7) is 7.00. The molecule has 1 aliphatic heterocycles. The molecule has 1 saturated heterocycles. The largest absolute Gasteiger partial charge is 0.386 e. The van der Waals surface area contributed by atoms with Crippen LogP contribution in [0.1, 0.15) is 27.2 Å². The van der Waals surface area contributed by atoms with Crippen LogP contribution in [-0.4, -0.2) is 32.9 Å². The van der Waals surface area contributed by atoms with E-state index in [1.54, 1.807) is 4.90 Å². The average Bonchev–Trinajstić information content (AvgIpc) is 2.39. The highest BCUT2D eigenvalue weighted by atomic mass is 16.3. The van der Waals surface area contributed by atoms with E-state index in [1.807, 2.05) is 20.8 Å². The number of aromatic nitrogens is 2. The van der Waals surface area contributed by atoms with E-state index < -0.39 is 16.9 Å². The number of hydrogen-bond donors (Lipinski definition) is 2. The molecule has 0 radical (unpaired) electrons. The lowest BCUT2D eigenvalue weighted by Gasteiger charge is -2.50. The second-order valence-corrected chi connectivity index (χ2v) is 6.15. The van der Waals surface area contributed by atoms with Crippen LogP contribution >= 0.6 is 0 Å². The first-order chi connectivity index (χ1) is 9.73. The number of aliphatic hydroxyl groups is 1. The van der Waals surface area contributed by atoms with Crippen LogP contribution < -0.4 is 21.9 Å². The topological polar surface area (TPSA) is 93.5 Å². The van der Waals surface area contributed by atoms with Gasteiger partial charge in [0.1, 0.15) is 17.1 Å². The van der Waals surface area contributed by atoms with Crippen molar-refractivity contribution < 1.29 is 5.11 Å². The van der Waals surface area contributed by atoms with E-state index in [4.69, 9.17) is 5.73 Å². The molecule has 0 bridgehead atoms. The molecule has 1 aliphatic rings. The van der Waals surface area contributed by atoms with Crippen LogP contribution in [0.25, 0.3) is 0 Å². The summed E-state index contributed by atoms with van der Waals surface area (Å²) in [5.74, 6) is 0.288. The van der Waals surface area contributed by atoms with Crippen molar-refractivity contribution in [2.75, 3.05) is 23.7 Å². The quantitative estimate of drug-likeness (QED) is 0.799. The second-order valence-electron chi connectivity index (χ2n) is 6.15. The fraction of sp³-hybridized carbons (Fsp3) is 0.714. The SMILES string of the molecule is CCCn1c(N)c(N2CC(O)(C(C)C)C2)c(=O)n(C)c1=O. The molecule has 2 rings (SSSR count). The number of anilines is 2. The van der Waals surface area contributed by atoms with Gasteiger partial charge < -0.3 is 15.7 Å². The van der Waals surface area contributed by atoms with Crippen molar-refractivity contribution in [2.24, 2.45) is 13.0 Å². The van der Waals surface area contributed by atoms with E-state index >= 15 is 0 Å². The van der Waals surface area contributed by atoms with E-state index in [1.165, 1.54) is 11.6 Å². The number of β-amino-alcohol motifs (C(OH)–C–C–N with tert-alkyl or cyclic N) is 1. The molecule has 118 valence electrons. The van der Waals surface area contributed by atoms with Gasteiger partial charge in [0, 0.05) is 26.7 Å². The van der Waals surface area contributed by atoms with E-state index in [9.17, 15) is 14.7 Å². The molecule has 7 heteroatoms. The molecule has 3 N–H and O–H groups in total. The molecule has 0 amide bonds. The first-order valence-electron chi connectivity index (χ1n) is 7.29. The highest BCUT2D eigenvalue weighted by Gasteiger charge is 2.45. The molecule has 7 nitrogen and oxygen atoms in total. The fourth-order valence-corrected chi connectivity index (χ4v) is 2.64. The van der Waals surface area contributed by atoms with Crippen LogP contribution in [0, 0.1) is 5.92 Å². The molecule has 2 heterocycles. The summed E-state index contributed by atoms with van der Waals surface area (Å²) in [6, 6.07) is 0. The minimum absolute atomic E-state index is 0.0976. The Balaban J connectivity index is 2.47. The lowest BCUT2D eigenvalue weighted by Crippen LogP contribution is -2.66. The highest BCUT2D eigenvalue weighted by molar-refractivity contribution is 5.64. The van der Waals surface area contributed by atoms with Crippen molar-refractivity contribution in [1.29, 1.82) is 0 Å². The molecule has 0 aromatic carbocycles. The van der Waals surface area contributed by atoms with Crippen LogP contribution in [-0.2, 0) is 13.6 Å². The summed E-state index contributed by atoms with van der Waals surface area (Å²) >= 11 is 0. The maximum Gasteiger partial charge on any atom is 0.332 e. The average molecular weight is 296 g/mol. The molecular weight excluding hydrogens is 272 g/mol. The molecular formula is C14H24N4O3. The first-order valence-corrected chi connectivity index (χ1v) is 7.29. The predicted octanol–water partition coefficient (Wildman–Crippen LogP) is -0.254. The van der Waals surface area contributed by atoms with Crippen molar-refractivity contribution in [3.8, 4) is 0 Å². The summed E-state index contributed by atoms with van der Waals surface area (Å²) < 4.78 is 2.50. The van der Waals surface area contributed by atoms with Gasteiger partial charge in [-0.3, -0.25) is 13.9 Å². The molecule has 0 atom stereocenters. The number of nitrogens with zero attached hydrogens (tertiary/aromatic N) is 3. The third-order valence-electron chi connectivity index (χ3n) is 4.33. The van der Waals surface area contributed by atoms with Crippen molar-refractivity contribution in [3.05, 3.63) is 20.8 Å². The molecule has 1 aromatic heterocycles. The van der Waals surface area contributed by atoms with E-state index in [2.05, 4.69) is 0 Å². The molecule has 0 saturated carbocycles. The van der Waals surface area contributed by atoms with Crippen LogP contribution in [0.2, 0.25) is 0 Å². The number of nitrogen functional groups attached to an aromatic ring is 1. The Bertz CT molecular complexity index is 653.